The molecule has 1 aliphatic heterocycles. The zero-order chi connectivity index (χ0) is 15.7. The number of rotatable bonds is 3. The third-order valence-corrected chi connectivity index (χ3v) is 3.53. The van der Waals surface area contributed by atoms with Crippen molar-refractivity contribution in [1.29, 1.82) is 0 Å². The van der Waals surface area contributed by atoms with Gasteiger partial charge in [-0.25, -0.2) is 4.90 Å². The number of imide groups is 1. The van der Waals surface area contributed by atoms with Crippen molar-refractivity contribution in [2.24, 2.45) is 0 Å². The zero-order valence-electron chi connectivity index (χ0n) is 12.4. The second-order valence-electron chi connectivity index (χ2n) is 5.16. The van der Waals surface area contributed by atoms with Crippen molar-refractivity contribution in [3.8, 4) is 11.5 Å². The Morgan fingerprint density at radius 3 is 1.91 bits per heavy atom. The van der Waals surface area contributed by atoms with Gasteiger partial charge < -0.3 is 4.74 Å². The minimum Gasteiger partial charge on any atom is -0.457 e. The first-order valence-electron chi connectivity index (χ1n) is 6.96. The summed E-state index contributed by atoms with van der Waals surface area (Å²) >= 11 is 0. The number of hydrogen-bond acceptors (Lipinski definition) is 3. The molecule has 0 atom stereocenters. The van der Waals surface area contributed by atoms with E-state index in [0.29, 0.717) is 11.4 Å². The number of amides is 2. The van der Waals surface area contributed by atoms with Gasteiger partial charge in [0.1, 0.15) is 11.5 Å². The van der Waals surface area contributed by atoms with Crippen molar-refractivity contribution in [1.82, 2.24) is 0 Å². The Morgan fingerprint density at radius 1 is 0.818 bits per heavy atom. The molecule has 0 fully saturated rings. The predicted molar refractivity (Wildman–Crippen MR) is 84.1 cm³/mol. The molecule has 1 aliphatic rings. The molecule has 0 aliphatic carbocycles. The molecule has 0 saturated carbocycles. The normalized spacial score (nSPS) is 13.8. The second kappa shape index (κ2) is 5.48. The summed E-state index contributed by atoms with van der Waals surface area (Å²) in [6.45, 7) is 3.98. The first kappa shape index (κ1) is 14.1. The molecule has 0 N–H and O–H groups in total. The van der Waals surface area contributed by atoms with E-state index < -0.39 is 0 Å². The number of benzene rings is 2. The highest BCUT2D eigenvalue weighted by molar-refractivity contribution is 6.28. The van der Waals surface area contributed by atoms with Gasteiger partial charge in [-0.2, -0.15) is 0 Å². The van der Waals surface area contributed by atoms with Crippen molar-refractivity contribution in [3.63, 3.8) is 0 Å². The fourth-order valence-electron chi connectivity index (χ4n) is 2.40. The minimum atomic E-state index is -0.326. The molecule has 0 bridgehead atoms. The second-order valence-corrected chi connectivity index (χ2v) is 5.16. The van der Waals surface area contributed by atoms with Crippen LogP contribution >= 0.6 is 0 Å². The molecule has 22 heavy (non-hydrogen) atoms. The molecule has 0 radical (unpaired) electrons. The molecule has 0 aromatic heterocycles. The van der Waals surface area contributed by atoms with Crippen LogP contribution in [0.25, 0.3) is 0 Å². The average molecular weight is 293 g/mol. The van der Waals surface area contributed by atoms with Gasteiger partial charge >= 0.3 is 0 Å². The van der Waals surface area contributed by atoms with Crippen LogP contribution in [0.4, 0.5) is 5.69 Å². The number of carbonyl (C=O) groups excluding carboxylic acids is 2. The molecule has 3 rings (SSSR count). The van der Waals surface area contributed by atoms with Crippen LogP contribution in [0.3, 0.4) is 0 Å². The fourth-order valence-corrected chi connectivity index (χ4v) is 2.40. The van der Waals surface area contributed by atoms with E-state index >= 15 is 0 Å². The van der Waals surface area contributed by atoms with Crippen molar-refractivity contribution in [3.05, 3.63) is 65.7 Å². The van der Waals surface area contributed by atoms with E-state index in [4.69, 9.17) is 4.74 Å². The molecule has 0 unspecified atom stereocenters. The Labute approximate surface area is 128 Å². The largest absolute Gasteiger partial charge is 0.457 e. The van der Waals surface area contributed by atoms with Crippen LogP contribution in [-0.2, 0) is 9.59 Å². The summed E-state index contributed by atoms with van der Waals surface area (Å²) in [6.07, 6.45) is 2.53. The van der Waals surface area contributed by atoms with Gasteiger partial charge in [0.15, 0.2) is 0 Å². The van der Waals surface area contributed by atoms with Crippen molar-refractivity contribution >= 4 is 17.5 Å². The molecular formula is C18H15NO3. The third kappa shape index (κ3) is 2.51. The first-order valence-corrected chi connectivity index (χ1v) is 6.96. The highest BCUT2D eigenvalue weighted by Gasteiger charge is 2.24. The number of anilines is 1. The first-order chi connectivity index (χ1) is 10.6. The van der Waals surface area contributed by atoms with E-state index in [1.54, 1.807) is 24.3 Å². The molecule has 0 spiro atoms. The Balaban J connectivity index is 1.83. The van der Waals surface area contributed by atoms with E-state index in [2.05, 4.69) is 0 Å². The molecule has 2 aromatic rings. The SMILES string of the molecule is Cc1cccc(C)c1Oc1ccc(N2C(=O)C=CC2=O)cc1. The van der Waals surface area contributed by atoms with Gasteiger partial charge in [-0.15, -0.1) is 0 Å². The Kier molecular flexibility index (Phi) is 3.51. The molecule has 4 heteroatoms. The summed E-state index contributed by atoms with van der Waals surface area (Å²) in [5, 5.41) is 0. The van der Waals surface area contributed by atoms with Crippen LogP contribution in [0.2, 0.25) is 0 Å². The van der Waals surface area contributed by atoms with E-state index in [9.17, 15) is 9.59 Å². The number of ether oxygens (including phenoxy) is 1. The summed E-state index contributed by atoms with van der Waals surface area (Å²) in [7, 11) is 0. The van der Waals surface area contributed by atoms with Crippen LogP contribution < -0.4 is 9.64 Å². The minimum absolute atomic E-state index is 0.326. The zero-order valence-corrected chi connectivity index (χ0v) is 12.4. The van der Waals surface area contributed by atoms with Gasteiger partial charge in [-0.05, 0) is 49.2 Å². The summed E-state index contributed by atoms with van der Waals surface area (Å²) < 4.78 is 5.91. The van der Waals surface area contributed by atoms with Gasteiger partial charge in [0, 0.05) is 12.2 Å². The number of hydrogen-bond donors (Lipinski definition) is 0. The number of carbonyl (C=O) groups is 2. The van der Waals surface area contributed by atoms with Gasteiger partial charge in [-0.1, -0.05) is 18.2 Å². The maximum Gasteiger partial charge on any atom is 0.258 e. The molecule has 2 aromatic carbocycles. The average Bonchev–Trinajstić information content (AvgIpc) is 2.83. The molecule has 1 heterocycles. The van der Waals surface area contributed by atoms with Crippen LogP contribution in [0, 0.1) is 13.8 Å². The Morgan fingerprint density at radius 2 is 1.36 bits per heavy atom. The lowest BCUT2D eigenvalue weighted by Gasteiger charge is -2.15. The third-order valence-electron chi connectivity index (χ3n) is 3.53. The summed E-state index contributed by atoms with van der Waals surface area (Å²) in [4.78, 5) is 24.4. The van der Waals surface area contributed by atoms with Crippen LogP contribution in [0.5, 0.6) is 11.5 Å². The lowest BCUT2D eigenvalue weighted by molar-refractivity contribution is -0.119. The molecule has 0 saturated heterocycles. The van der Waals surface area contributed by atoms with E-state index in [1.165, 1.54) is 12.2 Å². The summed E-state index contributed by atoms with van der Waals surface area (Å²) in [6, 6.07) is 12.9. The molecule has 110 valence electrons. The van der Waals surface area contributed by atoms with Crippen LogP contribution in [0.1, 0.15) is 11.1 Å². The van der Waals surface area contributed by atoms with Gasteiger partial charge in [-0.3, -0.25) is 9.59 Å². The number of para-hydroxylation sites is 1. The van der Waals surface area contributed by atoms with Gasteiger partial charge in [0.05, 0.1) is 5.69 Å². The Hall–Kier alpha value is -2.88. The van der Waals surface area contributed by atoms with Gasteiger partial charge in [0.25, 0.3) is 11.8 Å². The van der Waals surface area contributed by atoms with Crippen molar-refractivity contribution in [2.45, 2.75) is 13.8 Å². The van der Waals surface area contributed by atoms with Crippen molar-refractivity contribution in [2.75, 3.05) is 4.90 Å². The predicted octanol–water partition coefficient (Wildman–Crippen LogP) is 3.53. The Bertz CT molecular complexity index is 737. The number of aryl methyl sites for hydroxylation is 2. The monoisotopic (exact) mass is 293 g/mol. The lowest BCUT2D eigenvalue weighted by atomic mass is 10.1. The summed E-state index contributed by atoms with van der Waals surface area (Å²) in [5.41, 5.74) is 2.64. The topological polar surface area (TPSA) is 46.6 Å². The lowest BCUT2D eigenvalue weighted by Crippen LogP contribution is -2.29. The number of nitrogens with zero attached hydrogens (tertiary/aromatic N) is 1. The van der Waals surface area contributed by atoms with Crippen LogP contribution in [0.15, 0.2) is 54.6 Å². The highest BCUT2D eigenvalue weighted by atomic mass is 16.5. The maximum absolute atomic E-state index is 11.6. The smallest absolute Gasteiger partial charge is 0.258 e. The molecule has 4 nitrogen and oxygen atoms in total. The van der Waals surface area contributed by atoms with Crippen molar-refractivity contribution < 1.29 is 14.3 Å². The maximum atomic E-state index is 11.6. The van der Waals surface area contributed by atoms with E-state index in [-0.39, 0.29) is 11.8 Å². The van der Waals surface area contributed by atoms with Gasteiger partial charge in [0.2, 0.25) is 0 Å². The molecule has 2 amide bonds. The van der Waals surface area contributed by atoms with E-state index in [1.807, 2.05) is 32.0 Å². The fraction of sp³-hybridized carbons (Fsp3) is 0.111. The quantitative estimate of drug-likeness (QED) is 0.813. The standard InChI is InChI=1S/C18H15NO3/c1-12-4-3-5-13(2)18(12)22-15-8-6-14(7-9-15)19-16(20)10-11-17(19)21/h3-11H,1-2H3. The summed E-state index contributed by atoms with van der Waals surface area (Å²) in [5.74, 6) is 0.834. The highest BCUT2D eigenvalue weighted by Crippen LogP contribution is 2.30. The molecular weight excluding hydrogens is 278 g/mol. The van der Waals surface area contributed by atoms with Crippen LogP contribution in [-0.4, -0.2) is 11.8 Å². The van der Waals surface area contributed by atoms with E-state index in [0.717, 1.165) is 21.8 Å².